The van der Waals surface area contributed by atoms with Gasteiger partial charge in [0.1, 0.15) is 12.1 Å². The summed E-state index contributed by atoms with van der Waals surface area (Å²) in [5, 5.41) is 2.77. The van der Waals surface area contributed by atoms with Crippen molar-refractivity contribution in [3.8, 4) is 0 Å². The van der Waals surface area contributed by atoms with Gasteiger partial charge in [0.2, 0.25) is 5.91 Å². The summed E-state index contributed by atoms with van der Waals surface area (Å²) < 4.78 is 0. The predicted molar refractivity (Wildman–Crippen MR) is 120 cm³/mol. The third kappa shape index (κ3) is 4.63. The first-order valence-corrected chi connectivity index (χ1v) is 10.5. The van der Waals surface area contributed by atoms with Crippen molar-refractivity contribution in [2.75, 3.05) is 13.6 Å². The molecule has 1 heterocycles. The fourth-order valence-corrected chi connectivity index (χ4v) is 3.65. The normalized spacial score (nSPS) is 18.8. The number of aryl methyl sites for hydroxylation is 1. The topological polar surface area (TPSA) is 69.7 Å². The average molecular weight is 422 g/mol. The number of hydrogen-bond donors (Lipinski definition) is 1. The summed E-state index contributed by atoms with van der Waals surface area (Å²) in [6.45, 7) is 10.2. The molecule has 0 bridgehead atoms. The van der Waals surface area contributed by atoms with Gasteiger partial charge in [-0.1, -0.05) is 74.9 Å². The Balaban J connectivity index is 1.71. The van der Waals surface area contributed by atoms with E-state index in [2.05, 4.69) is 26.1 Å². The maximum absolute atomic E-state index is 13.1. The highest BCUT2D eigenvalue weighted by Gasteiger charge is 2.49. The minimum Gasteiger partial charge on any atom is -0.340 e. The number of urea groups is 1. The molecule has 31 heavy (non-hydrogen) atoms. The van der Waals surface area contributed by atoms with Crippen molar-refractivity contribution < 1.29 is 14.4 Å². The third-order valence-corrected chi connectivity index (χ3v) is 5.86. The Morgan fingerprint density at radius 2 is 1.61 bits per heavy atom. The summed E-state index contributed by atoms with van der Waals surface area (Å²) >= 11 is 0. The van der Waals surface area contributed by atoms with Crippen molar-refractivity contribution in [2.24, 2.45) is 0 Å². The van der Waals surface area contributed by atoms with Gasteiger partial charge in [-0.05, 0) is 36.0 Å². The van der Waals surface area contributed by atoms with Crippen LogP contribution in [0.15, 0.2) is 48.5 Å². The number of imide groups is 1. The van der Waals surface area contributed by atoms with E-state index >= 15 is 0 Å². The lowest BCUT2D eigenvalue weighted by molar-refractivity contribution is -0.138. The molecule has 1 aliphatic heterocycles. The molecule has 164 valence electrons. The molecular formula is C25H31N3O3. The van der Waals surface area contributed by atoms with Crippen LogP contribution in [0.25, 0.3) is 0 Å². The van der Waals surface area contributed by atoms with Gasteiger partial charge < -0.3 is 10.2 Å². The summed E-state index contributed by atoms with van der Waals surface area (Å²) in [4.78, 5) is 41.0. The van der Waals surface area contributed by atoms with Crippen LogP contribution in [-0.2, 0) is 27.1 Å². The van der Waals surface area contributed by atoms with Crippen molar-refractivity contribution in [1.82, 2.24) is 15.1 Å². The molecule has 4 amide bonds. The second-order valence-electron chi connectivity index (χ2n) is 9.51. The summed E-state index contributed by atoms with van der Waals surface area (Å²) in [7, 11) is 1.67. The zero-order valence-electron chi connectivity index (χ0n) is 19.2. The van der Waals surface area contributed by atoms with Crippen LogP contribution in [0.2, 0.25) is 0 Å². The van der Waals surface area contributed by atoms with Crippen LogP contribution in [0, 0.1) is 6.92 Å². The predicted octanol–water partition coefficient (Wildman–Crippen LogP) is 3.72. The summed E-state index contributed by atoms with van der Waals surface area (Å²) in [5.41, 5.74) is 2.77. The van der Waals surface area contributed by atoms with Crippen LogP contribution in [0.5, 0.6) is 0 Å². The van der Waals surface area contributed by atoms with E-state index in [0.717, 1.165) is 21.6 Å². The monoisotopic (exact) mass is 421 g/mol. The van der Waals surface area contributed by atoms with Gasteiger partial charge in [-0.25, -0.2) is 4.79 Å². The molecule has 2 aromatic rings. The van der Waals surface area contributed by atoms with E-state index in [4.69, 9.17) is 0 Å². The van der Waals surface area contributed by atoms with Gasteiger partial charge in [0, 0.05) is 13.6 Å². The summed E-state index contributed by atoms with van der Waals surface area (Å²) in [5.74, 6) is -0.713. The van der Waals surface area contributed by atoms with Gasteiger partial charge in [0.05, 0.1) is 0 Å². The molecular weight excluding hydrogens is 390 g/mol. The van der Waals surface area contributed by atoms with E-state index in [1.54, 1.807) is 14.0 Å². The number of nitrogens with one attached hydrogen (secondary N) is 1. The molecule has 1 aliphatic rings. The molecule has 1 N–H and O–H groups in total. The summed E-state index contributed by atoms with van der Waals surface area (Å²) in [6.07, 6.45) is 0. The number of hydrogen-bond acceptors (Lipinski definition) is 3. The van der Waals surface area contributed by atoms with Crippen LogP contribution in [0.4, 0.5) is 4.79 Å². The lowest BCUT2D eigenvalue weighted by Crippen LogP contribution is -2.43. The molecule has 1 fully saturated rings. The van der Waals surface area contributed by atoms with E-state index in [-0.39, 0.29) is 17.9 Å². The Labute approximate surface area is 184 Å². The third-order valence-electron chi connectivity index (χ3n) is 5.86. The Bertz CT molecular complexity index is 990. The van der Waals surface area contributed by atoms with Crippen LogP contribution in [0.1, 0.15) is 49.9 Å². The molecule has 1 unspecified atom stereocenters. The second-order valence-corrected chi connectivity index (χ2v) is 9.51. The first-order chi connectivity index (χ1) is 14.4. The Hall–Kier alpha value is -3.15. The zero-order valence-corrected chi connectivity index (χ0v) is 19.2. The minimum absolute atomic E-state index is 0.0111. The molecule has 6 nitrogen and oxygen atoms in total. The van der Waals surface area contributed by atoms with E-state index in [1.807, 2.05) is 55.5 Å². The number of carbonyl (C=O) groups excluding carboxylic acids is 3. The zero-order chi connectivity index (χ0) is 23.0. The lowest BCUT2D eigenvalue weighted by Gasteiger charge is -2.25. The first-order valence-electron chi connectivity index (χ1n) is 10.5. The van der Waals surface area contributed by atoms with E-state index in [1.165, 1.54) is 4.90 Å². The Morgan fingerprint density at radius 3 is 2.16 bits per heavy atom. The highest BCUT2D eigenvalue weighted by atomic mass is 16.2. The molecule has 0 spiro atoms. The molecule has 1 saturated heterocycles. The number of likely N-dealkylation sites (N-methyl/N-ethyl adjacent to an activating group) is 1. The molecule has 1 atom stereocenters. The fourth-order valence-electron chi connectivity index (χ4n) is 3.65. The standard InChI is InChI=1S/C25H31N3O3/c1-17-7-9-18(10-8-17)15-27(6)21(29)16-28-22(30)25(5,26-23(28)31)20-13-11-19(12-14-20)24(2,3)4/h7-14H,15-16H2,1-6H3,(H,26,31). The van der Waals surface area contributed by atoms with Crippen LogP contribution >= 0.6 is 0 Å². The van der Waals surface area contributed by atoms with Gasteiger partial charge in [-0.3, -0.25) is 14.5 Å². The molecule has 6 heteroatoms. The fraction of sp³-hybridized carbons (Fsp3) is 0.400. The van der Waals surface area contributed by atoms with Crippen molar-refractivity contribution in [3.05, 3.63) is 70.8 Å². The molecule has 3 rings (SSSR count). The van der Waals surface area contributed by atoms with Crippen LogP contribution in [0.3, 0.4) is 0 Å². The smallest absolute Gasteiger partial charge is 0.325 e. The number of rotatable bonds is 5. The maximum atomic E-state index is 13.1. The lowest BCUT2D eigenvalue weighted by atomic mass is 9.84. The van der Waals surface area contributed by atoms with Gasteiger partial charge in [-0.15, -0.1) is 0 Å². The highest BCUT2D eigenvalue weighted by Crippen LogP contribution is 2.31. The number of nitrogens with zero attached hydrogens (tertiary/aromatic N) is 2. The Kier molecular flexibility index (Phi) is 5.94. The highest BCUT2D eigenvalue weighted by molar-refractivity contribution is 6.09. The largest absolute Gasteiger partial charge is 0.340 e. The van der Waals surface area contributed by atoms with Gasteiger partial charge in [0.25, 0.3) is 5.91 Å². The van der Waals surface area contributed by atoms with Crippen molar-refractivity contribution in [1.29, 1.82) is 0 Å². The second kappa shape index (κ2) is 8.17. The van der Waals surface area contributed by atoms with Crippen molar-refractivity contribution in [3.63, 3.8) is 0 Å². The SMILES string of the molecule is Cc1ccc(CN(C)C(=O)CN2C(=O)NC(C)(c3ccc(C(C)(C)C)cc3)C2=O)cc1. The van der Waals surface area contributed by atoms with E-state index in [9.17, 15) is 14.4 Å². The molecule has 0 saturated carbocycles. The number of benzene rings is 2. The first kappa shape index (κ1) is 22.5. The van der Waals surface area contributed by atoms with Crippen LogP contribution < -0.4 is 5.32 Å². The van der Waals surface area contributed by atoms with Crippen molar-refractivity contribution >= 4 is 17.8 Å². The quantitative estimate of drug-likeness (QED) is 0.748. The van der Waals surface area contributed by atoms with E-state index < -0.39 is 17.5 Å². The van der Waals surface area contributed by atoms with Crippen molar-refractivity contribution in [2.45, 2.75) is 52.1 Å². The molecule has 0 radical (unpaired) electrons. The number of amides is 4. The number of carbonyl (C=O) groups is 3. The van der Waals surface area contributed by atoms with E-state index in [0.29, 0.717) is 12.1 Å². The molecule has 0 aliphatic carbocycles. The molecule has 2 aromatic carbocycles. The van der Waals surface area contributed by atoms with Gasteiger partial charge in [0.15, 0.2) is 0 Å². The molecule has 0 aromatic heterocycles. The van der Waals surface area contributed by atoms with Crippen LogP contribution in [-0.4, -0.2) is 41.2 Å². The maximum Gasteiger partial charge on any atom is 0.325 e. The van der Waals surface area contributed by atoms with Gasteiger partial charge >= 0.3 is 6.03 Å². The summed E-state index contributed by atoms with van der Waals surface area (Å²) in [6, 6.07) is 15.0. The average Bonchev–Trinajstić information content (AvgIpc) is 2.93. The Morgan fingerprint density at radius 1 is 1.03 bits per heavy atom. The minimum atomic E-state index is -1.19. The van der Waals surface area contributed by atoms with Gasteiger partial charge in [-0.2, -0.15) is 0 Å².